The lowest BCUT2D eigenvalue weighted by Crippen LogP contribution is -2.13. The van der Waals surface area contributed by atoms with Gasteiger partial charge in [-0.15, -0.1) is 0 Å². The first kappa shape index (κ1) is 16.3. The molecule has 0 spiro atoms. The Labute approximate surface area is 144 Å². The summed E-state index contributed by atoms with van der Waals surface area (Å²) in [6.45, 7) is 0. The molecule has 0 heterocycles. The number of phenols is 1. The van der Waals surface area contributed by atoms with E-state index in [9.17, 15) is 15.2 Å². The number of hydrogen-bond donors (Lipinski definition) is 2. The van der Waals surface area contributed by atoms with Crippen LogP contribution in [-0.2, 0) is 4.79 Å². The number of carbonyl (C=O) groups excluding carboxylic acids is 1. The van der Waals surface area contributed by atoms with E-state index in [0.717, 1.165) is 4.47 Å². The molecule has 22 heavy (non-hydrogen) atoms. The Balaban J connectivity index is 2.30. The molecule has 0 aromatic heterocycles. The monoisotopic (exact) mass is 420 g/mol. The second-order valence-electron chi connectivity index (χ2n) is 4.31. The zero-order valence-corrected chi connectivity index (χ0v) is 14.3. The van der Waals surface area contributed by atoms with Crippen molar-refractivity contribution in [3.05, 3.63) is 62.5 Å². The van der Waals surface area contributed by atoms with Crippen LogP contribution < -0.4 is 5.32 Å². The molecule has 2 aromatic carbocycles. The molecule has 0 aliphatic carbocycles. The number of aromatic hydroxyl groups is 1. The van der Waals surface area contributed by atoms with Crippen molar-refractivity contribution in [3.8, 4) is 11.8 Å². The lowest BCUT2D eigenvalue weighted by atomic mass is 10.1. The maximum Gasteiger partial charge on any atom is 0.266 e. The smallest absolute Gasteiger partial charge is 0.266 e. The Morgan fingerprint density at radius 2 is 1.95 bits per heavy atom. The summed E-state index contributed by atoms with van der Waals surface area (Å²) in [4.78, 5) is 12.2. The number of nitrogens with one attached hydrogen (secondary N) is 1. The van der Waals surface area contributed by atoms with Gasteiger partial charge in [-0.1, -0.05) is 28.1 Å². The molecule has 0 fully saturated rings. The molecule has 0 aliphatic rings. The van der Waals surface area contributed by atoms with E-state index in [1.54, 1.807) is 30.3 Å². The van der Waals surface area contributed by atoms with Gasteiger partial charge >= 0.3 is 0 Å². The van der Waals surface area contributed by atoms with Gasteiger partial charge in [0.1, 0.15) is 17.4 Å². The third-order valence-corrected chi connectivity index (χ3v) is 3.96. The molecule has 0 saturated carbocycles. The molecule has 1 amide bonds. The summed E-state index contributed by atoms with van der Waals surface area (Å²) in [5, 5.41) is 21.6. The molecule has 4 nitrogen and oxygen atoms in total. The predicted octanol–water partition coefficient (Wildman–Crippen LogP) is 4.46. The molecule has 2 rings (SSSR count). The first-order valence-electron chi connectivity index (χ1n) is 6.17. The van der Waals surface area contributed by atoms with E-state index in [0.29, 0.717) is 15.7 Å². The molecule has 0 radical (unpaired) electrons. The largest absolute Gasteiger partial charge is 0.507 e. The number of hydrogen-bond acceptors (Lipinski definition) is 3. The molecule has 110 valence electrons. The molecule has 0 saturated heterocycles. The van der Waals surface area contributed by atoms with Crippen LogP contribution in [0.25, 0.3) is 6.08 Å². The number of rotatable bonds is 3. The Morgan fingerprint density at radius 1 is 1.23 bits per heavy atom. The Morgan fingerprint density at radius 3 is 2.64 bits per heavy atom. The number of carbonyl (C=O) groups is 1. The summed E-state index contributed by atoms with van der Waals surface area (Å²) in [6, 6.07) is 13.7. The Hall–Kier alpha value is -2.10. The predicted molar refractivity (Wildman–Crippen MR) is 92.2 cm³/mol. The van der Waals surface area contributed by atoms with Gasteiger partial charge in [0, 0.05) is 14.5 Å². The highest BCUT2D eigenvalue weighted by molar-refractivity contribution is 9.10. The highest BCUT2D eigenvalue weighted by Gasteiger charge is 2.12. The SMILES string of the molecule is N#C/C(=C\c1cc(Br)ccc1O)C(=O)Nc1ccccc1Br. The van der Waals surface area contributed by atoms with Crippen LogP contribution >= 0.6 is 31.9 Å². The Bertz CT molecular complexity index is 795. The second kappa shape index (κ2) is 7.25. The maximum absolute atomic E-state index is 12.2. The fourth-order valence-corrected chi connectivity index (χ4v) is 2.46. The lowest BCUT2D eigenvalue weighted by molar-refractivity contribution is -0.112. The van der Waals surface area contributed by atoms with Gasteiger partial charge in [0.15, 0.2) is 0 Å². The van der Waals surface area contributed by atoms with Crippen LogP contribution in [0, 0.1) is 11.3 Å². The fraction of sp³-hybridized carbons (Fsp3) is 0. The van der Waals surface area contributed by atoms with Crippen LogP contribution in [0.5, 0.6) is 5.75 Å². The first-order valence-corrected chi connectivity index (χ1v) is 7.76. The Kier molecular flexibility index (Phi) is 5.36. The van der Waals surface area contributed by atoms with Gasteiger partial charge in [-0.25, -0.2) is 0 Å². The number of anilines is 1. The van der Waals surface area contributed by atoms with Crippen molar-refractivity contribution in [1.29, 1.82) is 5.26 Å². The molecule has 2 N–H and O–H groups in total. The number of para-hydroxylation sites is 1. The lowest BCUT2D eigenvalue weighted by Gasteiger charge is -2.06. The molecule has 0 bridgehead atoms. The normalized spacial score (nSPS) is 10.9. The van der Waals surface area contributed by atoms with Crippen LogP contribution in [0.1, 0.15) is 5.56 Å². The van der Waals surface area contributed by atoms with Gasteiger partial charge in [0.05, 0.1) is 5.69 Å². The second-order valence-corrected chi connectivity index (χ2v) is 6.08. The number of halogens is 2. The van der Waals surface area contributed by atoms with Crippen molar-refractivity contribution in [2.45, 2.75) is 0 Å². The molecular formula is C16H10Br2N2O2. The van der Waals surface area contributed by atoms with E-state index >= 15 is 0 Å². The van der Waals surface area contributed by atoms with Gasteiger partial charge in [-0.2, -0.15) is 5.26 Å². The van der Waals surface area contributed by atoms with Crippen LogP contribution in [-0.4, -0.2) is 11.0 Å². The van der Waals surface area contributed by atoms with E-state index in [1.807, 2.05) is 12.1 Å². The minimum atomic E-state index is -0.547. The summed E-state index contributed by atoms with van der Waals surface area (Å²) in [5.41, 5.74) is 0.837. The molecule has 0 unspecified atom stereocenters. The van der Waals surface area contributed by atoms with Gasteiger partial charge in [-0.3, -0.25) is 4.79 Å². The number of nitrogens with zero attached hydrogens (tertiary/aromatic N) is 1. The minimum absolute atomic E-state index is 0.00959. The van der Waals surface area contributed by atoms with E-state index in [1.165, 1.54) is 12.1 Å². The zero-order valence-electron chi connectivity index (χ0n) is 11.2. The van der Waals surface area contributed by atoms with Crippen molar-refractivity contribution in [2.24, 2.45) is 0 Å². The average molecular weight is 422 g/mol. The standard InChI is InChI=1S/C16H10Br2N2O2/c17-12-5-6-15(21)10(8-12)7-11(9-19)16(22)20-14-4-2-1-3-13(14)18/h1-8,21H,(H,20,22)/b11-7+. The topological polar surface area (TPSA) is 73.1 Å². The number of phenolic OH excluding ortho intramolecular Hbond substituents is 1. The number of nitriles is 1. The number of amides is 1. The summed E-state index contributed by atoms with van der Waals surface area (Å²) in [5.74, 6) is -0.557. The molecule has 6 heteroatoms. The first-order chi connectivity index (χ1) is 10.5. The highest BCUT2D eigenvalue weighted by atomic mass is 79.9. The van der Waals surface area contributed by atoms with Crippen LogP contribution in [0.15, 0.2) is 57.0 Å². The fourth-order valence-electron chi connectivity index (χ4n) is 1.70. The summed E-state index contributed by atoms with van der Waals surface area (Å²) in [7, 11) is 0. The van der Waals surface area contributed by atoms with Gasteiger partial charge in [-0.05, 0) is 52.3 Å². The van der Waals surface area contributed by atoms with Gasteiger partial charge in [0.2, 0.25) is 0 Å². The van der Waals surface area contributed by atoms with E-state index in [-0.39, 0.29) is 11.3 Å². The average Bonchev–Trinajstić information content (AvgIpc) is 2.50. The van der Waals surface area contributed by atoms with Crippen molar-refractivity contribution in [2.75, 3.05) is 5.32 Å². The highest BCUT2D eigenvalue weighted by Crippen LogP contribution is 2.25. The summed E-state index contributed by atoms with van der Waals surface area (Å²) in [6.07, 6.45) is 1.34. The quantitative estimate of drug-likeness (QED) is 0.567. The zero-order chi connectivity index (χ0) is 16.1. The summed E-state index contributed by atoms with van der Waals surface area (Å²) < 4.78 is 1.45. The van der Waals surface area contributed by atoms with Crippen LogP contribution in [0.2, 0.25) is 0 Å². The van der Waals surface area contributed by atoms with E-state index < -0.39 is 5.91 Å². The van der Waals surface area contributed by atoms with Crippen molar-refractivity contribution < 1.29 is 9.90 Å². The molecule has 0 atom stereocenters. The third kappa shape index (κ3) is 3.97. The maximum atomic E-state index is 12.2. The minimum Gasteiger partial charge on any atom is -0.507 e. The van der Waals surface area contributed by atoms with E-state index in [4.69, 9.17) is 0 Å². The molecule has 2 aromatic rings. The van der Waals surface area contributed by atoms with Crippen LogP contribution in [0.4, 0.5) is 5.69 Å². The molecule has 0 aliphatic heterocycles. The van der Waals surface area contributed by atoms with Crippen molar-refractivity contribution in [3.63, 3.8) is 0 Å². The third-order valence-electron chi connectivity index (χ3n) is 2.78. The van der Waals surface area contributed by atoms with Crippen molar-refractivity contribution >= 4 is 49.5 Å². The van der Waals surface area contributed by atoms with Crippen molar-refractivity contribution in [1.82, 2.24) is 0 Å². The number of benzene rings is 2. The van der Waals surface area contributed by atoms with Crippen LogP contribution in [0.3, 0.4) is 0 Å². The molecular weight excluding hydrogens is 412 g/mol. The van der Waals surface area contributed by atoms with Gasteiger partial charge < -0.3 is 10.4 Å². The summed E-state index contributed by atoms with van der Waals surface area (Å²) >= 11 is 6.60. The van der Waals surface area contributed by atoms with Gasteiger partial charge in [0.25, 0.3) is 5.91 Å². The van der Waals surface area contributed by atoms with E-state index in [2.05, 4.69) is 37.2 Å².